The third-order valence-corrected chi connectivity index (χ3v) is 11.2. The SMILES string of the molecule is CCN(C[C@@H]1CCCCN1C(=O)OC(C)(C)C)C(=O)OC1(C)C=C(OC(=O)OC(C)(C)C)C2=C(OC(c3ccccc3Cl)=CC2)C1[C@H]1CCN(C)C[C@H]1OC(=O)OC(C)(C)C. The van der Waals surface area contributed by atoms with E-state index in [9.17, 15) is 19.2 Å². The van der Waals surface area contributed by atoms with Crippen molar-refractivity contribution in [2.45, 2.75) is 143 Å². The molecule has 14 nitrogen and oxygen atoms in total. The van der Waals surface area contributed by atoms with Crippen molar-refractivity contribution in [2.24, 2.45) is 11.8 Å². The fraction of sp³-hybridized carbons (Fsp3) is 0.652. The van der Waals surface area contributed by atoms with E-state index >= 15 is 0 Å². The number of rotatable bonds is 8. The van der Waals surface area contributed by atoms with Gasteiger partial charge in [0.25, 0.3) is 0 Å². The number of ether oxygens (including phenoxy) is 7. The van der Waals surface area contributed by atoms with Crippen LogP contribution in [0.4, 0.5) is 19.2 Å². The molecular formula is C46H66ClN3O11. The topological polar surface area (TPSA) is 143 Å². The molecule has 5 atom stereocenters. The largest absolute Gasteiger partial charge is 0.514 e. The van der Waals surface area contributed by atoms with Crippen LogP contribution in [-0.4, -0.2) is 114 Å². The first-order chi connectivity index (χ1) is 28.4. The third-order valence-electron chi connectivity index (χ3n) is 10.9. The highest BCUT2D eigenvalue weighted by atomic mass is 35.5. The molecule has 0 saturated carbocycles. The minimum absolute atomic E-state index is 0.106. The van der Waals surface area contributed by atoms with Crippen molar-refractivity contribution >= 4 is 41.9 Å². The van der Waals surface area contributed by atoms with Crippen LogP contribution in [0.2, 0.25) is 5.02 Å². The van der Waals surface area contributed by atoms with E-state index in [1.807, 2.05) is 59.0 Å². The first kappa shape index (κ1) is 47.6. The highest BCUT2D eigenvalue weighted by molar-refractivity contribution is 6.32. The van der Waals surface area contributed by atoms with Crippen molar-refractivity contribution in [2.75, 3.05) is 39.8 Å². The predicted molar refractivity (Wildman–Crippen MR) is 230 cm³/mol. The predicted octanol–water partition coefficient (Wildman–Crippen LogP) is 10.1. The maximum Gasteiger partial charge on any atom is 0.514 e. The molecule has 61 heavy (non-hydrogen) atoms. The highest BCUT2D eigenvalue weighted by Crippen LogP contribution is 2.51. The fourth-order valence-corrected chi connectivity index (χ4v) is 8.49. The zero-order chi connectivity index (χ0) is 45.1. The van der Waals surface area contributed by atoms with E-state index in [4.69, 9.17) is 44.8 Å². The molecule has 0 aromatic heterocycles. The van der Waals surface area contributed by atoms with E-state index in [1.165, 1.54) is 0 Å². The number of hydrogen-bond donors (Lipinski definition) is 0. The maximum absolute atomic E-state index is 14.7. The minimum Gasteiger partial charge on any atom is -0.460 e. The van der Waals surface area contributed by atoms with Gasteiger partial charge >= 0.3 is 24.5 Å². The molecule has 2 fully saturated rings. The second kappa shape index (κ2) is 18.9. The van der Waals surface area contributed by atoms with E-state index in [0.29, 0.717) is 60.2 Å². The van der Waals surface area contributed by atoms with Crippen molar-refractivity contribution in [3.63, 3.8) is 0 Å². The molecule has 5 rings (SSSR count). The molecule has 1 aliphatic carbocycles. The van der Waals surface area contributed by atoms with E-state index < -0.39 is 64.8 Å². The molecule has 1 aromatic carbocycles. The van der Waals surface area contributed by atoms with Gasteiger partial charge in [0.15, 0.2) is 0 Å². The molecule has 0 radical (unpaired) electrons. The molecule has 0 bridgehead atoms. The normalized spacial score (nSPS) is 24.9. The van der Waals surface area contributed by atoms with Gasteiger partial charge in [0.05, 0.1) is 17.0 Å². The van der Waals surface area contributed by atoms with Crippen molar-refractivity contribution in [3.05, 3.63) is 64.1 Å². The van der Waals surface area contributed by atoms with Gasteiger partial charge in [-0.1, -0.05) is 23.7 Å². The number of carbonyl (C=O) groups is 4. The molecule has 2 saturated heterocycles. The number of piperidine rings is 2. The first-order valence-electron chi connectivity index (χ1n) is 21.4. The third kappa shape index (κ3) is 12.6. The van der Waals surface area contributed by atoms with Crippen molar-refractivity contribution < 1.29 is 52.3 Å². The Morgan fingerprint density at radius 2 is 1.56 bits per heavy atom. The minimum atomic E-state index is -1.57. The number of nitrogens with zero attached hydrogens (tertiary/aromatic N) is 3. The molecule has 3 aliphatic heterocycles. The molecule has 1 aromatic rings. The van der Waals surface area contributed by atoms with Gasteiger partial charge in [0.1, 0.15) is 45.8 Å². The summed E-state index contributed by atoms with van der Waals surface area (Å²) < 4.78 is 42.7. The quantitative estimate of drug-likeness (QED) is 0.181. The van der Waals surface area contributed by atoms with Crippen LogP contribution in [0.25, 0.3) is 5.76 Å². The Morgan fingerprint density at radius 3 is 2.20 bits per heavy atom. The van der Waals surface area contributed by atoms with Crippen LogP contribution in [0.5, 0.6) is 0 Å². The molecule has 3 heterocycles. The summed E-state index contributed by atoms with van der Waals surface area (Å²) in [6.07, 6.45) is 3.06. The van der Waals surface area contributed by atoms with Gasteiger partial charge in [-0.3, -0.25) is 0 Å². The lowest BCUT2D eigenvalue weighted by Crippen LogP contribution is -2.56. The van der Waals surface area contributed by atoms with Gasteiger partial charge < -0.3 is 47.9 Å². The second-order valence-electron chi connectivity index (χ2n) is 19.5. The van der Waals surface area contributed by atoms with E-state index in [1.54, 1.807) is 70.4 Å². The van der Waals surface area contributed by atoms with Crippen molar-refractivity contribution in [1.82, 2.24) is 14.7 Å². The zero-order valence-corrected chi connectivity index (χ0v) is 38.8. The Labute approximate surface area is 366 Å². The Bertz CT molecular complexity index is 1890. The van der Waals surface area contributed by atoms with Crippen LogP contribution in [0.1, 0.15) is 114 Å². The standard InChI is InChI=1S/C46H66ClN3O11/c1-13-49(27-29-18-16-17-24-50(29)40(52)58-43(2,3)4)39(51)59-46(11)26-35(56-41(53)60-44(5,6)7)32-21-22-34(30-19-14-15-20-33(30)47)55-38(32)37(46)31-23-25-48(12)28-36(31)57-42(54)61-45(8,9)10/h14-15,19-20,22,26,29,31,36-37H,13,16-18,21,23-25,27-28H2,1-12H3/t29-,31-,36+,37?,46?/m0/s1. The Morgan fingerprint density at radius 1 is 0.902 bits per heavy atom. The number of hydrogen-bond acceptors (Lipinski definition) is 12. The molecule has 0 spiro atoms. The van der Waals surface area contributed by atoms with Crippen LogP contribution >= 0.6 is 11.6 Å². The van der Waals surface area contributed by atoms with Gasteiger partial charge in [0, 0.05) is 55.7 Å². The summed E-state index contributed by atoms with van der Waals surface area (Å²) in [6, 6.07) is 6.98. The molecule has 0 N–H and O–H groups in total. The lowest BCUT2D eigenvalue weighted by atomic mass is 9.68. The monoisotopic (exact) mass is 871 g/mol. The molecular weight excluding hydrogens is 806 g/mol. The lowest BCUT2D eigenvalue weighted by Gasteiger charge is -2.49. The molecule has 15 heteroatoms. The second-order valence-corrected chi connectivity index (χ2v) is 19.9. The van der Waals surface area contributed by atoms with Gasteiger partial charge in [0.2, 0.25) is 0 Å². The molecule has 2 amide bonds. The van der Waals surface area contributed by atoms with Gasteiger partial charge in [-0.2, -0.15) is 0 Å². The number of halogens is 1. The van der Waals surface area contributed by atoms with E-state index in [-0.39, 0.29) is 31.3 Å². The van der Waals surface area contributed by atoms with E-state index in [2.05, 4.69) is 4.90 Å². The summed E-state index contributed by atoms with van der Waals surface area (Å²) in [6.45, 7) is 21.5. The Hall–Kier alpha value is -4.43. The summed E-state index contributed by atoms with van der Waals surface area (Å²) >= 11 is 6.72. The summed E-state index contributed by atoms with van der Waals surface area (Å²) in [4.78, 5) is 60.2. The van der Waals surface area contributed by atoms with Crippen molar-refractivity contribution in [1.29, 1.82) is 0 Å². The van der Waals surface area contributed by atoms with Crippen LogP contribution in [0, 0.1) is 11.8 Å². The fourth-order valence-electron chi connectivity index (χ4n) is 8.26. The number of likely N-dealkylation sites (N-methyl/N-ethyl adjacent to an activating group) is 2. The average molecular weight is 872 g/mol. The molecule has 2 unspecified atom stereocenters. The van der Waals surface area contributed by atoms with Crippen LogP contribution in [-0.2, 0) is 33.2 Å². The number of likely N-dealkylation sites (tertiary alicyclic amines) is 2. The first-order valence-corrected chi connectivity index (χ1v) is 21.8. The number of carbonyl (C=O) groups excluding carboxylic acids is 4. The lowest BCUT2D eigenvalue weighted by molar-refractivity contribution is -0.0963. The molecule has 4 aliphatic rings. The molecule has 338 valence electrons. The van der Waals surface area contributed by atoms with Gasteiger partial charge in [-0.15, -0.1) is 0 Å². The van der Waals surface area contributed by atoms with Crippen LogP contribution < -0.4 is 0 Å². The van der Waals surface area contributed by atoms with Crippen LogP contribution in [0.3, 0.4) is 0 Å². The number of amides is 2. The number of benzene rings is 1. The Kier molecular flexibility index (Phi) is 14.8. The summed E-state index contributed by atoms with van der Waals surface area (Å²) in [5.41, 5.74) is -2.75. The zero-order valence-electron chi connectivity index (χ0n) is 38.1. The summed E-state index contributed by atoms with van der Waals surface area (Å²) in [7, 11) is 1.94. The van der Waals surface area contributed by atoms with Gasteiger partial charge in [-0.25, -0.2) is 19.2 Å². The summed E-state index contributed by atoms with van der Waals surface area (Å²) in [5.74, 6) is -0.320. The maximum atomic E-state index is 14.7. The Balaban J connectivity index is 1.60. The summed E-state index contributed by atoms with van der Waals surface area (Å²) in [5, 5.41) is 0.465. The van der Waals surface area contributed by atoms with Crippen LogP contribution in [0.15, 0.2) is 53.5 Å². The van der Waals surface area contributed by atoms with Gasteiger partial charge in [-0.05, 0) is 134 Å². The highest BCUT2D eigenvalue weighted by Gasteiger charge is 2.54. The average Bonchev–Trinajstić information content (AvgIpc) is 3.12. The van der Waals surface area contributed by atoms with E-state index in [0.717, 1.165) is 12.8 Å². The van der Waals surface area contributed by atoms with Crippen molar-refractivity contribution in [3.8, 4) is 0 Å². The smallest absolute Gasteiger partial charge is 0.460 e. The number of allylic oxidation sites excluding steroid dienone is 2.